The second-order valence-electron chi connectivity index (χ2n) is 9.01. The fourth-order valence-corrected chi connectivity index (χ4v) is 4.29. The van der Waals surface area contributed by atoms with Gasteiger partial charge < -0.3 is 14.9 Å². The fourth-order valence-electron chi connectivity index (χ4n) is 4.29. The van der Waals surface area contributed by atoms with Crippen molar-refractivity contribution >= 4 is 0 Å². The van der Waals surface area contributed by atoms with E-state index in [4.69, 9.17) is 4.74 Å². The van der Waals surface area contributed by atoms with E-state index >= 15 is 0 Å². The molecular weight excluding hydrogens is 372 g/mol. The van der Waals surface area contributed by atoms with E-state index in [-0.39, 0.29) is 17.1 Å². The molecule has 1 aromatic carbocycles. The van der Waals surface area contributed by atoms with Crippen molar-refractivity contribution in [2.24, 2.45) is 0 Å². The van der Waals surface area contributed by atoms with Gasteiger partial charge in [-0.1, -0.05) is 104 Å². The summed E-state index contributed by atoms with van der Waals surface area (Å²) >= 11 is 0. The van der Waals surface area contributed by atoms with E-state index in [9.17, 15) is 10.2 Å². The third-order valence-electron chi connectivity index (χ3n) is 6.42. The molecule has 0 aromatic heterocycles. The Hall–Kier alpha value is -1.38. The molecule has 0 fully saturated rings. The van der Waals surface area contributed by atoms with E-state index in [0.717, 1.165) is 32.1 Å². The maximum absolute atomic E-state index is 10.3. The summed E-state index contributed by atoms with van der Waals surface area (Å²) in [6.07, 6.45) is 21.0. The first kappa shape index (κ1) is 26.7. The maximum Gasteiger partial charge on any atom is 0.200 e. The molecule has 0 saturated heterocycles. The number of phenols is 2. The first-order valence-electron chi connectivity index (χ1n) is 12.8. The van der Waals surface area contributed by atoms with Crippen LogP contribution in [0.1, 0.15) is 130 Å². The van der Waals surface area contributed by atoms with Crippen molar-refractivity contribution in [3.63, 3.8) is 0 Å². The Kier molecular flexibility index (Phi) is 14.5. The Morgan fingerprint density at radius 3 is 1.60 bits per heavy atom. The molecule has 3 nitrogen and oxygen atoms in total. The molecule has 0 radical (unpaired) electrons. The van der Waals surface area contributed by atoms with Crippen LogP contribution in [0.4, 0.5) is 0 Å². The molecule has 0 unspecified atom stereocenters. The van der Waals surface area contributed by atoms with Gasteiger partial charge in [0.2, 0.25) is 5.75 Å². The molecule has 0 heterocycles. The number of hydrogen-bond donors (Lipinski definition) is 2. The summed E-state index contributed by atoms with van der Waals surface area (Å²) in [5.74, 6) is 0.182. The third kappa shape index (κ3) is 10.6. The van der Waals surface area contributed by atoms with Gasteiger partial charge in [-0.05, 0) is 44.2 Å². The molecule has 1 aromatic rings. The smallest absolute Gasteiger partial charge is 0.200 e. The molecule has 0 aliphatic heterocycles. The minimum absolute atomic E-state index is 0.107. The predicted octanol–water partition coefficient (Wildman–Crippen LogP) is 8.91. The highest BCUT2D eigenvalue weighted by Crippen LogP contribution is 2.40. The number of phenolic OH excluding ortho intramolecular Hbond substituents is 2. The zero-order valence-electron chi connectivity index (χ0n) is 20.1. The molecule has 0 spiro atoms. The monoisotopic (exact) mass is 420 g/mol. The van der Waals surface area contributed by atoms with Crippen LogP contribution in [0.25, 0.3) is 0 Å². The molecule has 3 heteroatoms. The van der Waals surface area contributed by atoms with E-state index in [0.29, 0.717) is 5.75 Å². The van der Waals surface area contributed by atoms with Gasteiger partial charge >= 0.3 is 0 Å². The van der Waals surface area contributed by atoms with Gasteiger partial charge in [-0.3, -0.25) is 0 Å². The quantitative estimate of drug-likeness (QED) is 0.173. The van der Waals surface area contributed by atoms with Gasteiger partial charge in [0.25, 0.3) is 0 Å². The van der Waals surface area contributed by atoms with Crippen LogP contribution in [0.2, 0.25) is 0 Å². The molecule has 0 amide bonds. The molecule has 1 rings (SSSR count). The standard InChI is InChI=1S/C27H48O3/c1-4-7-9-11-13-15-17-22-27(6-3,23-18-16-14-12-10-8-5-2)30-25-21-19-20-24(28)26(25)29/h19-21,28-29H,4-18,22-23H2,1-3H3. The Labute approximate surface area is 186 Å². The summed E-state index contributed by atoms with van der Waals surface area (Å²) in [7, 11) is 0. The van der Waals surface area contributed by atoms with Crippen LogP contribution >= 0.6 is 0 Å². The molecule has 30 heavy (non-hydrogen) atoms. The van der Waals surface area contributed by atoms with Crippen LogP contribution in [0, 0.1) is 0 Å². The molecule has 0 aliphatic rings. The van der Waals surface area contributed by atoms with Crippen LogP contribution in [-0.4, -0.2) is 15.8 Å². The van der Waals surface area contributed by atoms with Gasteiger partial charge in [-0.2, -0.15) is 0 Å². The largest absolute Gasteiger partial charge is 0.504 e. The third-order valence-corrected chi connectivity index (χ3v) is 6.42. The lowest BCUT2D eigenvalue weighted by atomic mass is 9.87. The van der Waals surface area contributed by atoms with Crippen molar-refractivity contribution in [2.75, 3.05) is 0 Å². The second kappa shape index (κ2) is 16.3. The molecule has 0 aliphatic carbocycles. The minimum atomic E-state index is -0.252. The summed E-state index contributed by atoms with van der Waals surface area (Å²) in [6, 6.07) is 5.02. The van der Waals surface area contributed by atoms with Crippen LogP contribution in [-0.2, 0) is 0 Å². The van der Waals surface area contributed by atoms with Crippen LogP contribution in [0.3, 0.4) is 0 Å². The van der Waals surface area contributed by atoms with Gasteiger partial charge in [0, 0.05) is 0 Å². The lowest BCUT2D eigenvalue weighted by molar-refractivity contribution is 0.0377. The number of rotatable bonds is 19. The van der Waals surface area contributed by atoms with Crippen molar-refractivity contribution in [1.29, 1.82) is 0 Å². The Bertz CT molecular complexity index is 523. The zero-order chi connectivity index (χ0) is 22.1. The van der Waals surface area contributed by atoms with Crippen molar-refractivity contribution in [3.05, 3.63) is 18.2 Å². The fraction of sp³-hybridized carbons (Fsp3) is 0.778. The van der Waals surface area contributed by atoms with Gasteiger partial charge in [0.15, 0.2) is 11.5 Å². The van der Waals surface area contributed by atoms with Crippen LogP contribution in [0.5, 0.6) is 17.2 Å². The Morgan fingerprint density at radius 1 is 0.667 bits per heavy atom. The highest BCUT2D eigenvalue weighted by Gasteiger charge is 2.30. The zero-order valence-corrected chi connectivity index (χ0v) is 20.1. The average molecular weight is 421 g/mol. The lowest BCUT2D eigenvalue weighted by Crippen LogP contribution is -2.35. The molecule has 174 valence electrons. The Morgan fingerprint density at radius 2 is 1.13 bits per heavy atom. The van der Waals surface area contributed by atoms with E-state index in [2.05, 4.69) is 20.8 Å². The van der Waals surface area contributed by atoms with Crippen molar-refractivity contribution in [3.8, 4) is 17.2 Å². The number of aromatic hydroxyl groups is 2. The SMILES string of the molecule is CCCCCCCCCC(CC)(CCCCCCCCC)Oc1cccc(O)c1O. The van der Waals surface area contributed by atoms with E-state index in [1.54, 1.807) is 12.1 Å². The summed E-state index contributed by atoms with van der Waals surface area (Å²) in [5, 5.41) is 20.1. The van der Waals surface area contributed by atoms with Gasteiger partial charge in [0.1, 0.15) is 5.60 Å². The summed E-state index contributed by atoms with van der Waals surface area (Å²) in [6.45, 7) is 6.71. The van der Waals surface area contributed by atoms with E-state index < -0.39 is 0 Å². The van der Waals surface area contributed by atoms with Crippen molar-refractivity contribution < 1.29 is 14.9 Å². The molecule has 0 atom stereocenters. The molecule has 0 saturated carbocycles. The van der Waals surface area contributed by atoms with E-state index in [1.807, 2.05) is 0 Å². The number of ether oxygens (including phenoxy) is 1. The highest BCUT2D eigenvalue weighted by atomic mass is 16.5. The van der Waals surface area contributed by atoms with Crippen molar-refractivity contribution in [2.45, 2.75) is 136 Å². The van der Waals surface area contributed by atoms with Gasteiger partial charge in [-0.25, -0.2) is 0 Å². The summed E-state index contributed by atoms with van der Waals surface area (Å²) in [4.78, 5) is 0. The van der Waals surface area contributed by atoms with Crippen LogP contribution in [0.15, 0.2) is 18.2 Å². The lowest BCUT2D eigenvalue weighted by Gasteiger charge is -2.34. The normalized spacial score (nSPS) is 11.7. The number of hydrogen-bond acceptors (Lipinski definition) is 3. The van der Waals surface area contributed by atoms with E-state index in [1.165, 1.54) is 83.1 Å². The topological polar surface area (TPSA) is 49.7 Å². The number of unbranched alkanes of at least 4 members (excludes halogenated alkanes) is 12. The summed E-state index contributed by atoms with van der Waals surface area (Å²) in [5.41, 5.74) is -0.252. The van der Waals surface area contributed by atoms with Crippen molar-refractivity contribution in [1.82, 2.24) is 0 Å². The maximum atomic E-state index is 10.3. The average Bonchev–Trinajstić information content (AvgIpc) is 2.75. The van der Waals surface area contributed by atoms with Gasteiger partial charge in [-0.15, -0.1) is 0 Å². The predicted molar refractivity (Wildman–Crippen MR) is 129 cm³/mol. The minimum Gasteiger partial charge on any atom is -0.504 e. The first-order chi connectivity index (χ1) is 14.6. The number of para-hydroxylation sites is 1. The molecule has 2 N–H and O–H groups in total. The number of benzene rings is 1. The van der Waals surface area contributed by atoms with Crippen LogP contribution < -0.4 is 4.74 Å². The first-order valence-corrected chi connectivity index (χ1v) is 12.8. The second-order valence-corrected chi connectivity index (χ2v) is 9.01. The molecular formula is C27H48O3. The molecule has 0 bridgehead atoms. The summed E-state index contributed by atoms with van der Waals surface area (Å²) < 4.78 is 6.44. The Balaban J connectivity index is 2.62. The highest BCUT2D eigenvalue weighted by molar-refractivity contribution is 5.49. The van der Waals surface area contributed by atoms with Gasteiger partial charge in [0.05, 0.1) is 0 Å².